The van der Waals surface area contributed by atoms with Gasteiger partial charge in [-0.15, -0.1) is 11.3 Å². The zero-order valence-electron chi connectivity index (χ0n) is 15.0. The topological polar surface area (TPSA) is 54.7 Å². The molecule has 0 fully saturated rings. The summed E-state index contributed by atoms with van der Waals surface area (Å²) in [7, 11) is 3.38. The summed E-state index contributed by atoms with van der Waals surface area (Å²) in [5, 5.41) is 2.01. The highest BCUT2D eigenvalue weighted by Gasteiger charge is 2.13. The predicted octanol–water partition coefficient (Wildman–Crippen LogP) is 2.84. The van der Waals surface area contributed by atoms with E-state index in [4.69, 9.17) is 0 Å². The minimum Gasteiger partial charge on any atom is -0.351 e. The third kappa shape index (κ3) is 3.54. The Hall–Kier alpha value is -2.51. The van der Waals surface area contributed by atoms with Gasteiger partial charge in [0.2, 0.25) is 6.41 Å². The summed E-state index contributed by atoms with van der Waals surface area (Å²) in [6.45, 7) is 4.08. The first-order valence-electron chi connectivity index (χ1n) is 8.00. The van der Waals surface area contributed by atoms with Crippen LogP contribution >= 0.6 is 22.7 Å². The minimum absolute atomic E-state index is 0.0240. The summed E-state index contributed by atoms with van der Waals surface area (Å²) in [5.74, 6) is 0. The molecule has 0 saturated carbocycles. The summed E-state index contributed by atoms with van der Waals surface area (Å²) in [6, 6.07) is 8.13. The highest BCUT2D eigenvalue weighted by molar-refractivity contribution is 7.15. The molecule has 7 heteroatoms. The molecule has 5 nitrogen and oxygen atoms in total. The number of hydrogen-bond donors (Lipinski definition) is 0. The fourth-order valence-corrected chi connectivity index (χ4v) is 4.32. The summed E-state index contributed by atoms with van der Waals surface area (Å²) < 4.78 is 2.47. The number of nitrogens with zero attached hydrogens (tertiary/aromatic N) is 3. The van der Waals surface area contributed by atoms with Crippen LogP contribution in [0, 0.1) is 13.8 Å². The van der Waals surface area contributed by atoms with E-state index in [0.29, 0.717) is 0 Å². The molecular weight excluding hydrogens is 366 g/mol. The van der Waals surface area contributed by atoms with Crippen LogP contribution in [0.3, 0.4) is 0 Å². The molecule has 3 heterocycles. The van der Waals surface area contributed by atoms with Crippen molar-refractivity contribution in [3.63, 3.8) is 0 Å². The molecule has 134 valence electrons. The van der Waals surface area contributed by atoms with Gasteiger partial charge in [-0.25, -0.2) is 9.38 Å². The Morgan fingerprint density at radius 3 is 2.58 bits per heavy atom. The van der Waals surface area contributed by atoms with Crippen molar-refractivity contribution in [3.05, 3.63) is 60.5 Å². The zero-order chi connectivity index (χ0) is 18.8. The van der Waals surface area contributed by atoms with Crippen molar-refractivity contribution in [2.45, 2.75) is 13.8 Å². The van der Waals surface area contributed by atoms with Crippen molar-refractivity contribution in [1.29, 1.82) is 0 Å². The van der Waals surface area contributed by atoms with Crippen LogP contribution in [0.1, 0.15) is 16.0 Å². The average Bonchev–Trinajstić information content (AvgIpc) is 3.28. The molecule has 3 aromatic heterocycles. The fraction of sp³-hybridized carbons (Fsp3) is 0.211. The number of hydrogen-bond acceptors (Lipinski definition) is 5. The maximum absolute atomic E-state index is 12.7. The minimum atomic E-state index is 0.0240. The van der Waals surface area contributed by atoms with Crippen molar-refractivity contribution < 1.29 is 4.79 Å². The maximum Gasteiger partial charge on any atom is 0.274 e. The van der Waals surface area contributed by atoms with E-state index in [-0.39, 0.29) is 5.56 Å². The number of amides is 1. The van der Waals surface area contributed by atoms with Gasteiger partial charge in [-0.05, 0) is 48.6 Å². The van der Waals surface area contributed by atoms with Gasteiger partial charge in [0.05, 0.1) is 15.6 Å². The van der Waals surface area contributed by atoms with Gasteiger partial charge in [0, 0.05) is 19.0 Å². The van der Waals surface area contributed by atoms with Gasteiger partial charge < -0.3 is 4.90 Å². The molecule has 0 spiro atoms. The summed E-state index contributed by atoms with van der Waals surface area (Å²) in [6.07, 6.45) is 2.70. The quantitative estimate of drug-likeness (QED) is 0.499. The second kappa shape index (κ2) is 7.39. The number of fused-ring (bicyclic) bond motifs is 3. The number of aryl methyl sites for hydroxylation is 2. The number of imidazole rings is 1. The first kappa shape index (κ1) is 18.3. The van der Waals surface area contributed by atoms with Crippen LogP contribution in [0.5, 0.6) is 0 Å². The monoisotopic (exact) mass is 385 g/mol. The lowest BCUT2D eigenvalue weighted by Crippen LogP contribution is -2.22. The smallest absolute Gasteiger partial charge is 0.274 e. The predicted molar refractivity (Wildman–Crippen MR) is 109 cm³/mol. The number of thiazole rings is 1. The highest BCUT2D eigenvalue weighted by atomic mass is 32.1. The lowest BCUT2D eigenvalue weighted by molar-refractivity contribution is -0.115. The molecule has 0 aliphatic heterocycles. The third-order valence-electron chi connectivity index (χ3n) is 3.71. The van der Waals surface area contributed by atoms with E-state index < -0.39 is 0 Å². The first-order chi connectivity index (χ1) is 12.4. The Balaban J connectivity index is 0.000000349. The Bertz CT molecular complexity index is 1170. The number of thiophene rings is 1. The Kier molecular flexibility index (Phi) is 5.20. The molecule has 0 atom stereocenters. The Morgan fingerprint density at radius 1 is 1.23 bits per heavy atom. The van der Waals surface area contributed by atoms with E-state index >= 15 is 0 Å². The second-order valence-electron chi connectivity index (χ2n) is 6.18. The lowest BCUT2D eigenvalue weighted by atomic mass is 10.1. The number of carbonyl (C=O) groups is 1. The van der Waals surface area contributed by atoms with Gasteiger partial charge in [-0.3, -0.25) is 9.59 Å². The maximum atomic E-state index is 12.7. The van der Waals surface area contributed by atoms with Crippen LogP contribution in [0.15, 0.2) is 34.4 Å². The summed E-state index contributed by atoms with van der Waals surface area (Å²) in [4.78, 5) is 30.0. The van der Waals surface area contributed by atoms with Gasteiger partial charge in [0.15, 0.2) is 4.96 Å². The largest absolute Gasteiger partial charge is 0.351 e. The molecule has 0 N–H and O–H groups in total. The van der Waals surface area contributed by atoms with Crippen LogP contribution in [0.2, 0.25) is 0 Å². The Morgan fingerprint density at radius 2 is 1.96 bits per heavy atom. The molecule has 1 amide bonds. The van der Waals surface area contributed by atoms with Crippen molar-refractivity contribution in [1.82, 2.24) is 14.3 Å². The van der Waals surface area contributed by atoms with E-state index in [1.165, 1.54) is 16.2 Å². The Labute approximate surface area is 158 Å². The first-order valence-corrected chi connectivity index (χ1v) is 9.69. The van der Waals surface area contributed by atoms with Crippen LogP contribution in [0.4, 0.5) is 0 Å². The van der Waals surface area contributed by atoms with Crippen molar-refractivity contribution in [2.24, 2.45) is 0 Å². The molecular formula is C19H19N3O2S2. The van der Waals surface area contributed by atoms with Gasteiger partial charge in [-0.2, -0.15) is 0 Å². The molecule has 1 aromatic carbocycles. The van der Waals surface area contributed by atoms with Gasteiger partial charge in [-0.1, -0.05) is 23.5 Å². The van der Waals surface area contributed by atoms with E-state index in [9.17, 15) is 9.59 Å². The molecule has 0 unspecified atom stereocenters. The average molecular weight is 386 g/mol. The number of aromatic nitrogens is 2. The summed E-state index contributed by atoms with van der Waals surface area (Å²) in [5.41, 5.74) is 4.12. The van der Waals surface area contributed by atoms with Gasteiger partial charge in [0.25, 0.3) is 5.56 Å². The van der Waals surface area contributed by atoms with Gasteiger partial charge in [0.1, 0.15) is 0 Å². The molecule has 0 aliphatic rings. The van der Waals surface area contributed by atoms with Crippen molar-refractivity contribution in [2.75, 3.05) is 14.1 Å². The van der Waals surface area contributed by atoms with Crippen LogP contribution in [-0.4, -0.2) is 34.8 Å². The highest BCUT2D eigenvalue weighted by Crippen LogP contribution is 2.21. The van der Waals surface area contributed by atoms with Crippen LogP contribution in [0.25, 0.3) is 22.1 Å². The van der Waals surface area contributed by atoms with E-state index in [2.05, 4.69) is 11.1 Å². The molecule has 26 heavy (non-hydrogen) atoms. The van der Waals surface area contributed by atoms with Crippen molar-refractivity contribution >= 4 is 51.2 Å². The fourth-order valence-electron chi connectivity index (χ4n) is 2.61. The van der Waals surface area contributed by atoms with Crippen LogP contribution in [-0.2, 0) is 4.79 Å². The molecule has 0 radical (unpaired) electrons. The number of rotatable bonds is 2. The normalized spacial score (nSPS) is 11.6. The number of carbonyl (C=O) groups excluding carboxylic acids is 1. The summed E-state index contributed by atoms with van der Waals surface area (Å²) >= 11 is 3.08. The molecule has 4 aromatic rings. The second-order valence-corrected chi connectivity index (χ2v) is 8.17. The molecule has 0 bridgehead atoms. The molecule has 4 rings (SSSR count). The van der Waals surface area contributed by atoms with Crippen molar-refractivity contribution in [3.8, 4) is 0 Å². The van der Waals surface area contributed by atoms with E-state index in [0.717, 1.165) is 42.9 Å². The molecule has 0 saturated heterocycles. The SMILES string of the molecule is CN(C)C=O.Cc1cc(C)c2nc3s/c(=C/c4cccs4)c(=O)n3c2c1. The lowest BCUT2D eigenvalue weighted by Gasteiger charge is -1.97. The zero-order valence-corrected chi connectivity index (χ0v) is 16.6. The standard InChI is InChI=1S/C16H12N2OS2.C3H7NO/c1-9-6-10(2)14-12(7-9)18-15(19)13(21-16(18)17-14)8-11-4-3-5-20-11;1-4(2)3-5/h3-8H,1-2H3;3H,1-2H3/b13-8+;. The third-order valence-corrected chi connectivity index (χ3v) is 5.49. The van der Waals surface area contributed by atoms with Gasteiger partial charge >= 0.3 is 0 Å². The van der Waals surface area contributed by atoms with Crippen LogP contribution < -0.4 is 10.1 Å². The van der Waals surface area contributed by atoms with E-state index in [1.54, 1.807) is 29.8 Å². The molecule has 0 aliphatic carbocycles. The number of benzene rings is 1. The van der Waals surface area contributed by atoms with E-state index in [1.807, 2.05) is 43.5 Å².